The summed E-state index contributed by atoms with van der Waals surface area (Å²) in [7, 11) is 0. The maximum absolute atomic E-state index is 9.91. The van der Waals surface area contributed by atoms with Crippen molar-refractivity contribution in [2.75, 3.05) is 6.26 Å². The molecule has 1 amide bonds. The number of hydrogen-bond acceptors (Lipinski definition) is 3. The fourth-order valence-corrected chi connectivity index (χ4v) is 0.177. The van der Waals surface area contributed by atoms with Gasteiger partial charge in [-0.25, -0.2) is 5.84 Å². The first-order chi connectivity index (χ1) is 2.81. The minimum atomic E-state index is -0.213. The quantitative estimate of drug-likeness (QED) is 0.258. The maximum Gasteiger partial charge on any atom is 0.292 e. The normalized spacial score (nSPS) is 7.67. The molecule has 3 nitrogen and oxygen atoms in total. The Kier molecular flexibility index (Phi) is 2.88. The summed E-state index contributed by atoms with van der Waals surface area (Å²) < 4.78 is 0. The van der Waals surface area contributed by atoms with Crippen LogP contribution in [0.5, 0.6) is 0 Å². The van der Waals surface area contributed by atoms with Crippen LogP contribution in [-0.2, 0) is 0 Å². The molecule has 4 heteroatoms. The van der Waals surface area contributed by atoms with Crippen LogP contribution in [-0.4, -0.2) is 11.5 Å². The van der Waals surface area contributed by atoms with Gasteiger partial charge in [0.15, 0.2) is 0 Å². The summed E-state index contributed by atoms with van der Waals surface area (Å²) in [4.78, 5) is 9.91. The zero-order valence-electron chi connectivity index (χ0n) is 3.39. The van der Waals surface area contributed by atoms with Crippen LogP contribution in [0.4, 0.5) is 4.79 Å². The number of carbonyl (C=O) groups excluding carboxylic acids is 1. The third-order valence-corrected chi connectivity index (χ3v) is 0.792. The topological polar surface area (TPSA) is 55.1 Å². The van der Waals surface area contributed by atoms with Gasteiger partial charge >= 0.3 is 0 Å². The van der Waals surface area contributed by atoms with Crippen LogP contribution >= 0.6 is 11.8 Å². The van der Waals surface area contributed by atoms with Crippen LogP contribution in [0.25, 0.3) is 0 Å². The fraction of sp³-hybridized carbons (Fsp3) is 0.500. The fourth-order valence-electron chi connectivity index (χ4n) is 0.0589. The van der Waals surface area contributed by atoms with Crippen molar-refractivity contribution in [1.82, 2.24) is 5.43 Å². The molecule has 36 valence electrons. The van der Waals surface area contributed by atoms with Gasteiger partial charge in [0.1, 0.15) is 0 Å². The molecule has 3 N–H and O–H groups in total. The zero-order chi connectivity index (χ0) is 4.99. The molecule has 0 aliphatic rings. The van der Waals surface area contributed by atoms with Crippen molar-refractivity contribution in [1.29, 1.82) is 0 Å². The molecule has 0 aromatic heterocycles. The van der Waals surface area contributed by atoms with Crippen molar-refractivity contribution in [3.8, 4) is 0 Å². The first-order valence-electron chi connectivity index (χ1n) is 1.36. The van der Waals surface area contributed by atoms with Gasteiger partial charge in [-0.05, 0) is 6.26 Å². The second-order valence-corrected chi connectivity index (χ2v) is 1.41. The van der Waals surface area contributed by atoms with E-state index in [2.05, 4.69) is 5.84 Å². The number of hydrogen-bond donors (Lipinski definition) is 2. The van der Waals surface area contributed by atoms with E-state index >= 15 is 0 Å². The number of carbonyl (C=O) groups is 1. The molecule has 0 spiro atoms. The Labute approximate surface area is 40.2 Å². The number of rotatable bonds is 0. The number of nitrogens with two attached hydrogens (primary N) is 1. The van der Waals surface area contributed by atoms with Crippen molar-refractivity contribution in [3.05, 3.63) is 0 Å². The average molecular weight is 106 g/mol. The van der Waals surface area contributed by atoms with Crippen LogP contribution in [0.1, 0.15) is 0 Å². The second-order valence-electron chi connectivity index (χ2n) is 0.636. The van der Waals surface area contributed by atoms with Gasteiger partial charge in [0.2, 0.25) is 0 Å². The smallest absolute Gasteiger partial charge is 0.285 e. The monoisotopic (exact) mass is 106 g/mol. The Morgan fingerprint density at radius 3 is 2.50 bits per heavy atom. The van der Waals surface area contributed by atoms with Gasteiger partial charge in [0, 0.05) is 0 Å². The molecule has 0 heterocycles. The molecule has 0 aliphatic heterocycles. The van der Waals surface area contributed by atoms with E-state index in [-0.39, 0.29) is 5.24 Å². The predicted molar refractivity (Wildman–Crippen MR) is 26.2 cm³/mol. The summed E-state index contributed by atoms with van der Waals surface area (Å²) in [6, 6.07) is 0. The Morgan fingerprint density at radius 1 is 2.00 bits per heavy atom. The summed E-state index contributed by atoms with van der Waals surface area (Å²) >= 11 is 1.05. The molecular formula is C2H6N2OS. The highest BCUT2D eigenvalue weighted by molar-refractivity contribution is 8.12. The molecule has 6 heavy (non-hydrogen) atoms. The Balaban J connectivity index is 2.99. The molecule has 0 aromatic rings. The number of thioether (sulfide) groups is 1. The maximum atomic E-state index is 9.91. The van der Waals surface area contributed by atoms with Gasteiger partial charge in [-0.2, -0.15) is 0 Å². The van der Waals surface area contributed by atoms with Crippen molar-refractivity contribution in [2.45, 2.75) is 0 Å². The van der Waals surface area contributed by atoms with Gasteiger partial charge in [0.05, 0.1) is 0 Å². The Morgan fingerprint density at radius 2 is 2.50 bits per heavy atom. The molecular weight excluding hydrogens is 100 g/mol. The van der Waals surface area contributed by atoms with E-state index in [1.54, 1.807) is 6.26 Å². The summed E-state index contributed by atoms with van der Waals surface area (Å²) in [6.45, 7) is 0. The summed E-state index contributed by atoms with van der Waals surface area (Å²) in [5, 5.41) is -0.213. The largest absolute Gasteiger partial charge is 0.292 e. The number of hydrazine groups is 1. The van der Waals surface area contributed by atoms with Gasteiger partial charge in [0.25, 0.3) is 5.24 Å². The first kappa shape index (κ1) is 5.78. The lowest BCUT2D eigenvalue weighted by Gasteiger charge is -1.86. The highest BCUT2D eigenvalue weighted by Crippen LogP contribution is 1.88. The van der Waals surface area contributed by atoms with Crippen LogP contribution in [0, 0.1) is 0 Å². The zero-order valence-corrected chi connectivity index (χ0v) is 4.21. The number of nitrogens with one attached hydrogen (secondary N) is 1. The van der Waals surface area contributed by atoms with Crippen molar-refractivity contribution >= 4 is 17.0 Å². The molecule has 0 aromatic carbocycles. The van der Waals surface area contributed by atoms with E-state index in [0.29, 0.717) is 0 Å². The SMILES string of the molecule is CSC(=O)NN. The molecule has 0 radical (unpaired) electrons. The molecule has 0 aliphatic carbocycles. The highest BCUT2D eigenvalue weighted by Gasteiger charge is 1.86. The third kappa shape index (κ3) is 2.04. The highest BCUT2D eigenvalue weighted by atomic mass is 32.2. The minimum absolute atomic E-state index is 0.213. The average Bonchev–Trinajstić information content (AvgIpc) is 1.65. The minimum Gasteiger partial charge on any atom is -0.285 e. The van der Waals surface area contributed by atoms with E-state index in [4.69, 9.17) is 0 Å². The van der Waals surface area contributed by atoms with Crippen molar-refractivity contribution in [2.24, 2.45) is 5.84 Å². The summed E-state index contributed by atoms with van der Waals surface area (Å²) in [6.07, 6.45) is 1.65. The summed E-state index contributed by atoms with van der Waals surface area (Å²) in [5.41, 5.74) is 1.94. The van der Waals surface area contributed by atoms with E-state index < -0.39 is 0 Å². The molecule has 0 saturated carbocycles. The third-order valence-electron chi connectivity index (χ3n) is 0.303. The molecule has 0 saturated heterocycles. The van der Waals surface area contributed by atoms with E-state index in [1.807, 2.05) is 5.43 Å². The van der Waals surface area contributed by atoms with Gasteiger partial charge in [-0.15, -0.1) is 0 Å². The predicted octanol–water partition coefficient (Wildman–Crippen LogP) is -0.0673. The Bertz CT molecular complexity index is 49.5. The number of amides is 1. The molecule has 0 atom stereocenters. The van der Waals surface area contributed by atoms with E-state index in [9.17, 15) is 4.79 Å². The first-order valence-corrected chi connectivity index (χ1v) is 2.58. The van der Waals surface area contributed by atoms with E-state index in [0.717, 1.165) is 11.8 Å². The van der Waals surface area contributed by atoms with Crippen molar-refractivity contribution in [3.63, 3.8) is 0 Å². The van der Waals surface area contributed by atoms with Crippen LogP contribution < -0.4 is 11.3 Å². The van der Waals surface area contributed by atoms with Gasteiger partial charge in [-0.1, -0.05) is 11.8 Å². The van der Waals surface area contributed by atoms with Crippen LogP contribution in [0.15, 0.2) is 0 Å². The van der Waals surface area contributed by atoms with Crippen LogP contribution in [0.3, 0.4) is 0 Å². The lowest BCUT2D eigenvalue weighted by atomic mass is 11.4. The molecule has 0 unspecified atom stereocenters. The summed E-state index contributed by atoms with van der Waals surface area (Å²) in [5.74, 6) is 4.66. The van der Waals surface area contributed by atoms with Gasteiger partial charge in [-0.3, -0.25) is 10.2 Å². The standard InChI is InChI=1S/C2H6N2OS/c1-6-2(5)4-3/h3H2,1H3,(H,4,5). The van der Waals surface area contributed by atoms with Gasteiger partial charge < -0.3 is 0 Å². The molecule has 0 rings (SSSR count). The molecule has 0 bridgehead atoms. The Hall–Kier alpha value is -0.220. The lowest BCUT2D eigenvalue weighted by molar-refractivity contribution is 0.261. The molecule has 0 fully saturated rings. The van der Waals surface area contributed by atoms with Crippen LogP contribution in [0.2, 0.25) is 0 Å². The van der Waals surface area contributed by atoms with Crippen molar-refractivity contribution < 1.29 is 4.79 Å². The second kappa shape index (κ2) is 2.99. The lowest BCUT2D eigenvalue weighted by Crippen LogP contribution is -2.25. The van der Waals surface area contributed by atoms with E-state index in [1.165, 1.54) is 0 Å².